The lowest BCUT2D eigenvalue weighted by Crippen LogP contribution is -2.25. The monoisotopic (exact) mass is 437 g/mol. The van der Waals surface area contributed by atoms with Crippen LogP contribution in [0.5, 0.6) is 0 Å². The first-order valence-corrected chi connectivity index (χ1v) is 10.7. The predicted octanol–water partition coefficient (Wildman–Crippen LogP) is 4.52. The number of hydrogen-bond donors (Lipinski definition) is 1. The summed E-state index contributed by atoms with van der Waals surface area (Å²) in [7, 11) is 0. The van der Waals surface area contributed by atoms with E-state index in [-0.39, 0.29) is 12.3 Å². The maximum atomic E-state index is 12.6. The van der Waals surface area contributed by atoms with Gasteiger partial charge in [-0.25, -0.2) is 9.67 Å². The van der Waals surface area contributed by atoms with Gasteiger partial charge < -0.3 is 5.32 Å². The third-order valence-corrected chi connectivity index (χ3v) is 5.92. The van der Waals surface area contributed by atoms with E-state index < -0.39 is 0 Å². The highest BCUT2D eigenvalue weighted by atomic mass is 35.5. The van der Waals surface area contributed by atoms with Crippen molar-refractivity contribution in [2.45, 2.75) is 26.8 Å². The van der Waals surface area contributed by atoms with Gasteiger partial charge in [-0.1, -0.05) is 11.6 Å². The molecule has 1 amide bonds. The van der Waals surface area contributed by atoms with Crippen LogP contribution < -0.4 is 5.32 Å². The Labute approximate surface area is 183 Å². The largest absolute Gasteiger partial charge is 0.349 e. The number of nitrogens with one attached hydrogen (secondary N) is 1. The predicted molar refractivity (Wildman–Crippen MR) is 119 cm³/mol. The van der Waals surface area contributed by atoms with E-state index in [1.807, 2.05) is 60.3 Å². The van der Waals surface area contributed by atoms with E-state index in [9.17, 15) is 4.79 Å². The highest BCUT2D eigenvalue weighted by Gasteiger charge is 2.16. The quantitative estimate of drug-likeness (QED) is 0.481. The number of benzene rings is 1. The van der Waals surface area contributed by atoms with Gasteiger partial charge in [0.25, 0.3) is 0 Å². The van der Waals surface area contributed by atoms with Crippen LogP contribution in [0.3, 0.4) is 0 Å². The summed E-state index contributed by atoms with van der Waals surface area (Å²) in [5.74, 6) is -0.0579. The molecule has 152 valence electrons. The van der Waals surface area contributed by atoms with Crippen LogP contribution in [0.1, 0.15) is 22.0 Å². The Bertz CT molecular complexity index is 1170. The molecule has 0 saturated heterocycles. The Balaban J connectivity index is 1.41. The van der Waals surface area contributed by atoms with E-state index in [4.69, 9.17) is 11.6 Å². The normalized spacial score (nSPS) is 10.9. The van der Waals surface area contributed by atoms with Crippen LogP contribution in [0.25, 0.3) is 16.9 Å². The number of rotatable bonds is 6. The van der Waals surface area contributed by atoms with E-state index in [1.165, 1.54) is 11.3 Å². The highest BCUT2D eigenvalue weighted by molar-refractivity contribution is 7.09. The van der Waals surface area contributed by atoms with Crippen LogP contribution in [0.15, 0.2) is 54.2 Å². The van der Waals surface area contributed by atoms with Crippen LogP contribution in [0.4, 0.5) is 0 Å². The molecular formula is C22H20ClN5OS. The fourth-order valence-corrected chi connectivity index (χ4v) is 4.08. The number of amides is 1. The summed E-state index contributed by atoms with van der Waals surface area (Å²) >= 11 is 7.50. The second-order valence-corrected chi connectivity index (χ2v) is 8.23. The zero-order valence-corrected chi connectivity index (χ0v) is 18.2. The molecule has 4 rings (SSSR count). The van der Waals surface area contributed by atoms with Crippen molar-refractivity contribution in [2.24, 2.45) is 0 Å². The van der Waals surface area contributed by atoms with Gasteiger partial charge in [-0.05, 0) is 50.2 Å². The van der Waals surface area contributed by atoms with Crippen molar-refractivity contribution in [3.8, 4) is 16.9 Å². The van der Waals surface area contributed by atoms with Crippen molar-refractivity contribution in [3.05, 3.63) is 81.2 Å². The molecule has 1 aromatic carbocycles. The summed E-state index contributed by atoms with van der Waals surface area (Å²) in [5, 5.41) is 11.1. The minimum Gasteiger partial charge on any atom is -0.349 e. The Morgan fingerprint density at radius 1 is 1.13 bits per heavy atom. The number of carbonyl (C=O) groups is 1. The molecule has 0 radical (unpaired) electrons. The SMILES string of the molecule is Cc1nn(-c2ccc(Cl)cc2)c(C)c1CC(=O)NCc1nc(-c2ccncc2)cs1. The van der Waals surface area contributed by atoms with Crippen molar-refractivity contribution in [3.63, 3.8) is 0 Å². The third-order valence-electron chi connectivity index (χ3n) is 4.81. The first-order valence-electron chi connectivity index (χ1n) is 9.44. The van der Waals surface area contributed by atoms with E-state index in [1.54, 1.807) is 12.4 Å². The number of hydrogen-bond acceptors (Lipinski definition) is 5. The summed E-state index contributed by atoms with van der Waals surface area (Å²) < 4.78 is 1.84. The fraction of sp³-hybridized carbons (Fsp3) is 0.182. The molecule has 0 atom stereocenters. The minimum absolute atomic E-state index is 0.0579. The van der Waals surface area contributed by atoms with Gasteiger partial charge in [0.1, 0.15) is 5.01 Å². The summed E-state index contributed by atoms with van der Waals surface area (Å²) in [6, 6.07) is 11.3. The summed E-state index contributed by atoms with van der Waals surface area (Å²) in [4.78, 5) is 21.2. The molecule has 0 fully saturated rings. The van der Waals surface area contributed by atoms with Crippen LogP contribution in [0.2, 0.25) is 5.02 Å². The Morgan fingerprint density at radius 2 is 1.87 bits per heavy atom. The molecule has 6 nitrogen and oxygen atoms in total. The number of thiazole rings is 1. The topological polar surface area (TPSA) is 72.7 Å². The van der Waals surface area contributed by atoms with E-state index in [0.717, 1.165) is 38.9 Å². The van der Waals surface area contributed by atoms with Gasteiger partial charge >= 0.3 is 0 Å². The van der Waals surface area contributed by atoms with E-state index >= 15 is 0 Å². The molecule has 0 bridgehead atoms. The molecule has 3 heterocycles. The summed E-state index contributed by atoms with van der Waals surface area (Å²) in [6.07, 6.45) is 3.75. The Hall–Kier alpha value is -3.03. The average molecular weight is 438 g/mol. The Morgan fingerprint density at radius 3 is 2.60 bits per heavy atom. The molecule has 0 saturated carbocycles. The number of carbonyl (C=O) groups excluding carboxylic acids is 1. The molecule has 0 spiro atoms. The van der Waals surface area contributed by atoms with Gasteiger partial charge in [0, 0.05) is 39.6 Å². The van der Waals surface area contributed by atoms with Gasteiger partial charge in [-0.3, -0.25) is 9.78 Å². The minimum atomic E-state index is -0.0579. The molecule has 8 heteroatoms. The van der Waals surface area contributed by atoms with Gasteiger partial charge in [0.05, 0.1) is 30.0 Å². The van der Waals surface area contributed by atoms with E-state index in [0.29, 0.717) is 11.6 Å². The molecule has 1 N–H and O–H groups in total. The smallest absolute Gasteiger partial charge is 0.224 e. The molecule has 0 unspecified atom stereocenters. The first-order chi connectivity index (χ1) is 14.5. The van der Waals surface area contributed by atoms with Crippen molar-refractivity contribution < 1.29 is 4.79 Å². The lowest BCUT2D eigenvalue weighted by molar-refractivity contribution is -0.120. The molecule has 0 aliphatic carbocycles. The molecule has 0 aliphatic heterocycles. The van der Waals surface area contributed by atoms with Crippen molar-refractivity contribution in [1.29, 1.82) is 0 Å². The maximum absolute atomic E-state index is 12.6. The number of aromatic nitrogens is 4. The van der Waals surface area contributed by atoms with Crippen molar-refractivity contribution in [1.82, 2.24) is 25.1 Å². The summed E-state index contributed by atoms with van der Waals surface area (Å²) in [6.45, 7) is 4.29. The first kappa shape index (κ1) is 20.3. The summed E-state index contributed by atoms with van der Waals surface area (Å²) in [5.41, 5.74) is 5.53. The van der Waals surface area contributed by atoms with Crippen molar-refractivity contribution >= 4 is 28.8 Å². The number of aryl methyl sites for hydroxylation is 1. The van der Waals surface area contributed by atoms with E-state index in [2.05, 4.69) is 20.4 Å². The number of halogens is 1. The molecule has 0 aliphatic rings. The fourth-order valence-electron chi connectivity index (χ4n) is 3.21. The third kappa shape index (κ3) is 4.42. The second-order valence-electron chi connectivity index (χ2n) is 6.85. The lowest BCUT2D eigenvalue weighted by Gasteiger charge is -2.06. The molecule has 3 aromatic heterocycles. The van der Waals surface area contributed by atoms with Gasteiger partial charge in [0.15, 0.2) is 0 Å². The highest BCUT2D eigenvalue weighted by Crippen LogP contribution is 2.22. The zero-order chi connectivity index (χ0) is 21.1. The van der Waals surface area contributed by atoms with Crippen LogP contribution in [0, 0.1) is 13.8 Å². The van der Waals surface area contributed by atoms with Gasteiger partial charge in [-0.2, -0.15) is 5.10 Å². The maximum Gasteiger partial charge on any atom is 0.224 e. The Kier molecular flexibility index (Phi) is 5.92. The van der Waals surface area contributed by atoms with Crippen molar-refractivity contribution in [2.75, 3.05) is 0 Å². The van der Waals surface area contributed by atoms with Crippen LogP contribution >= 0.6 is 22.9 Å². The van der Waals surface area contributed by atoms with Gasteiger partial charge in [-0.15, -0.1) is 11.3 Å². The second kappa shape index (κ2) is 8.77. The average Bonchev–Trinajstić information content (AvgIpc) is 3.34. The molecular weight excluding hydrogens is 418 g/mol. The molecule has 30 heavy (non-hydrogen) atoms. The standard InChI is InChI=1S/C22H20ClN5OS/c1-14-19(15(2)28(27-14)18-5-3-17(23)4-6-18)11-21(29)25-12-22-26-20(13-30-22)16-7-9-24-10-8-16/h3-10,13H,11-12H2,1-2H3,(H,25,29). The lowest BCUT2D eigenvalue weighted by atomic mass is 10.1. The van der Waals surface area contributed by atoms with Crippen LogP contribution in [-0.4, -0.2) is 25.7 Å². The number of nitrogens with zero attached hydrogens (tertiary/aromatic N) is 4. The van der Waals surface area contributed by atoms with Crippen LogP contribution in [-0.2, 0) is 17.8 Å². The molecule has 4 aromatic rings. The van der Waals surface area contributed by atoms with Gasteiger partial charge in [0.2, 0.25) is 5.91 Å². The zero-order valence-electron chi connectivity index (χ0n) is 16.6. The number of pyridine rings is 1.